The number of amides is 1. The first-order chi connectivity index (χ1) is 14.0. The van der Waals surface area contributed by atoms with Gasteiger partial charge in [0, 0.05) is 6.54 Å². The summed E-state index contributed by atoms with van der Waals surface area (Å²) >= 11 is 0. The van der Waals surface area contributed by atoms with Crippen molar-refractivity contribution in [2.75, 3.05) is 25.5 Å². The van der Waals surface area contributed by atoms with Crippen LogP contribution in [0.3, 0.4) is 0 Å². The van der Waals surface area contributed by atoms with Crippen molar-refractivity contribution in [3.8, 4) is 5.75 Å². The zero-order valence-corrected chi connectivity index (χ0v) is 16.8. The standard InChI is InChI=1S/C23H26N2O4/c1-15-22(26)24-20-8-3-16(13-21(20)29-15)14-25-11-9-18(10-12-25)17-4-6-19(7-5-17)23(27)28-2/h3-8,13,15,18H,9-12,14H2,1-2H3,(H,24,26). The Kier molecular flexibility index (Phi) is 5.53. The van der Waals surface area contributed by atoms with Gasteiger partial charge in [-0.25, -0.2) is 4.79 Å². The quantitative estimate of drug-likeness (QED) is 0.803. The molecule has 0 aromatic heterocycles. The average Bonchev–Trinajstić information content (AvgIpc) is 2.75. The van der Waals surface area contributed by atoms with Crippen LogP contribution in [0.5, 0.6) is 5.75 Å². The van der Waals surface area contributed by atoms with Gasteiger partial charge in [0.05, 0.1) is 18.4 Å². The van der Waals surface area contributed by atoms with Crippen LogP contribution in [0.15, 0.2) is 42.5 Å². The molecule has 6 heteroatoms. The Balaban J connectivity index is 1.34. The van der Waals surface area contributed by atoms with Crippen LogP contribution in [0.4, 0.5) is 5.69 Å². The Morgan fingerprint density at radius 1 is 1.17 bits per heavy atom. The minimum atomic E-state index is -0.459. The normalized spacial score (nSPS) is 19.8. The lowest BCUT2D eigenvalue weighted by molar-refractivity contribution is -0.122. The number of benzene rings is 2. The summed E-state index contributed by atoms with van der Waals surface area (Å²) in [6.45, 7) is 4.67. The van der Waals surface area contributed by atoms with E-state index in [0.29, 0.717) is 11.5 Å². The van der Waals surface area contributed by atoms with E-state index in [0.717, 1.165) is 43.9 Å². The molecule has 152 valence electrons. The van der Waals surface area contributed by atoms with E-state index >= 15 is 0 Å². The van der Waals surface area contributed by atoms with Crippen molar-refractivity contribution >= 4 is 17.6 Å². The van der Waals surface area contributed by atoms with Crippen LogP contribution in [-0.2, 0) is 16.1 Å². The van der Waals surface area contributed by atoms with Crippen molar-refractivity contribution < 1.29 is 19.1 Å². The second kappa shape index (κ2) is 8.25. The number of nitrogens with one attached hydrogen (secondary N) is 1. The Morgan fingerprint density at radius 2 is 1.90 bits per heavy atom. The van der Waals surface area contributed by atoms with Crippen molar-refractivity contribution in [1.82, 2.24) is 4.90 Å². The summed E-state index contributed by atoms with van der Waals surface area (Å²) in [7, 11) is 1.40. The highest BCUT2D eigenvalue weighted by Gasteiger charge is 2.25. The number of esters is 1. The first kappa shape index (κ1) is 19.5. The third-order valence-corrected chi connectivity index (χ3v) is 5.77. The van der Waals surface area contributed by atoms with Crippen molar-refractivity contribution in [1.29, 1.82) is 0 Å². The largest absolute Gasteiger partial charge is 0.479 e. The second-order valence-electron chi connectivity index (χ2n) is 7.74. The molecule has 2 aliphatic heterocycles. The van der Waals surface area contributed by atoms with Gasteiger partial charge < -0.3 is 14.8 Å². The van der Waals surface area contributed by atoms with Crippen molar-refractivity contribution in [3.05, 3.63) is 59.2 Å². The molecule has 2 aromatic carbocycles. The number of carbonyl (C=O) groups is 2. The van der Waals surface area contributed by atoms with Gasteiger partial charge in [-0.3, -0.25) is 9.69 Å². The predicted octanol–water partition coefficient (Wildman–Crippen LogP) is 3.57. The number of hydrogen-bond acceptors (Lipinski definition) is 5. The number of nitrogens with zero attached hydrogens (tertiary/aromatic N) is 1. The lowest BCUT2D eigenvalue weighted by atomic mass is 9.89. The molecular formula is C23H26N2O4. The molecule has 6 nitrogen and oxygen atoms in total. The van der Waals surface area contributed by atoms with Crippen LogP contribution in [0.2, 0.25) is 0 Å². The summed E-state index contributed by atoms with van der Waals surface area (Å²) < 4.78 is 10.5. The number of anilines is 1. The summed E-state index contributed by atoms with van der Waals surface area (Å²) in [6.07, 6.45) is 1.72. The molecule has 29 heavy (non-hydrogen) atoms. The molecule has 2 heterocycles. The van der Waals surface area contributed by atoms with Crippen molar-refractivity contribution in [2.45, 2.75) is 38.3 Å². The number of carbonyl (C=O) groups excluding carboxylic acids is 2. The van der Waals surface area contributed by atoms with Crippen LogP contribution in [0, 0.1) is 0 Å². The lowest BCUT2D eigenvalue weighted by Gasteiger charge is -2.32. The Bertz CT molecular complexity index is 902. The SMILES string of the molecule is COC(=O)c1ccc(C2CCN(Cc3ccc4c(c3)OC(C)C(=O)N4)CC2)cc1. The monoisotopic (exact) mass is 394 g/mol. The van der Waals surface area contributed by atoms with E-state index in [2.05, 4.69) is 16.3 Å². The van der Waals surface area contributed by atoms with Crippen LogP contribution >= 0.6 is 0 Å². The van der Waals surface area contributed by atoms with Crippen LogP contribution < -0.4 is 10.1 Å². The molecule has 1 fully saturated rings. The van der Waals surface area contributed by atoms with E-state index in [9.17, 15) is 9.59 Å². The topological polar surface area (TPSA) is 67.9 Å². The molecule has 4 rings (SSSR count). The second-order valence-corrected chi connectivity index (χ2v) is 7.74. The fourth-order valence-corrected chi connectivity index (χ4v) is 4.04. The fraction of sp³-hybridized carbons (Fsp3) is 0.391. The molecule has 1 atom stereocenters. The molecule has 1 saturated heterocycles. The van der Waals surface area contributed by atoms with Crippen LogP contribution in [0.1, 0.15) is 47.2 Å². The number of likely N-dealkylation sites (tertiary alicyclic amines) is 1. The lowest BCUT2D eigenvalue weighted by Crippen LogP contribution is -2.35. The highest BCUT2D eigenvalue weighted by atomic mass is 16.5. The summed E-state index contributed by atoms with van der Waals surface area (Å²) in [5.74, 6) is 0.859. The summed E-state index contributed by atoms with van der Waals surface area (Å²) in [5, 5.41) is 2.87. The molecule has 2 aliphatic rings. The third kappa shape index (κ3) is 4.27. The van der Waals surface area contributed by atoms with Crippen LogP contribution in [0.25, 0.3) is 0 Å². The number of piperidine rings is 1. The highest BCUT2D eigenvalue weighted by Crippen LogP contribution is 2.32. The smallest absolute Gasteiger partial charge is 0.337 e. The minimum absolute atomic E-state index is 0.105. The number of fused-ring (bicyclic) bond motifs is 1. The van der Waals surface area contributed by atoms with Gasteiger partial charge in [-0.1, -0.05) is 18.2 Å². The van der Waals surface area contributed by atoms with Gasteiger partial charge in [0.2, 0.25) is 0 Å². The number of ether oxygens (including phenoxy) is 2. The third-order valence-electron chi connectivity index (χ3n) is 5.77. The Hall–Kier alpha value is -2.86. The molecule has 0 spiro atoms. The van der Waals surface area contributed by atoms with Gasteiger partial charge in [-0.15, -0.1) is 0 Å². The maximum absolute atomic E-state index is 11.7. The number of rotatable bonds is 4. The van der Waals surface area contributed by atoms with E-state index < -0.39 is 6.10 Å². The maximum atomic E-state index is 11.7. The Labute approximate surface area is 170 Å². The van der Waals surface area contributed by atoms with E-state index in [1.807, 2.05) is 36.4 Å². The van der Waals surface area contributed by atoms with E-state index in [1.165, 1.54) is 18.2 Å². The van der Waals surface area contributed by atoms with Gasteiger partial charge in [-0.05, 0) is 74.2 Å². The van der Waals surface area contributed by atoms with E-state index in [-0.39, 0.29) is 11.9 Å². The molecule has 0 aliphatic carbocycles. The molecule has 1 amide bonds. The first-order valence-corrected chi connectivity index (χ1v) is 10.0. The van der Waals surface area contributed by atoms with Crippen molar-refractivity contribution in [3.63, 3.8) is 0 Å². The van der Waals surface area contributed by atoms with E-state index in [1.54, 1.807) is 6.92 Å². The van der Waals surface area contributed by atoms with Gasteiger partial charge in [-0.2, -0.15) is 0 Å². The first-order valence-electron chi connectivity index (χ1n) is 10.0. The van der Waals surface area contributed by atoms with E-state index in [4.69, 9.17) is 9.47 Å². The fourth-order valence-electron chi connectivity index (χ4n) is 4.04. The van der Waals surface area contributed by atoms with Gasteiger partial charge in [0.1, 0.15) is 5.75 Å². The molecule has 1 N–H and O–H groups in total. The summed E-state index contributed by atoms with van der Waals surface area (Å²) in [5.41, 5.74) is 3.80. The van der Waals surface area contributed by atoms with Gasteiger partial charge in [0.15, 0.2) is 6.10 Å². The highest BCUT2D eigenvalue weighted by molar-refractivity contribution is 5.97. The number of hydrogen-bond donors (Lipinski definition) is 1. The Morgan fingerprint density at radius 3 is 2.59 bits per heavy atom. The molecule has 2 aromatic rings. The molecule has 0 saturated carbocycles. The molecule has 0 radical (unpaired) electrons. The minimum Gasteiger partial charge on any atom is -0.479 e. The predicted molar refractivity (Wildman–Crippen MR) is 110 cm³/mol. The van der Waals surface area contributed by atoms with Crippen molar-refractivity contribution in [2.24, 2.45) is 0 Å². The van der Waals surface area contributed by atoms with Gasteiger partial charge in [0.25, 0.3) is 5.91 Å². The number of methoxy groups -OCH3 is 1. The van der Waals surface area contributed by atoms with Crippen LogP contribution in [-0.4, -0.2) is 43.1 Å². The molecular weight excluding hydrogens is 368 g/mol. The zero-order chi connectivity index (χ0) is 20.4. The van der Waals surface area contributed by atoms with Gasteiger partial charge >= 0.3 is 5.97 Å². The summed E-state index contributed by atoms with van der Waals surface area (Å²) in [6, 6.07) is 13.8. The zero-order valence-electron chi connectivity index (χ0n) is 16.8. The summed E-state index contributed by atoms with van der Waals surface area (Å²) in [4.78, 5) is 25.7. The molecule has 1 unspecified atom stereocenters. The molecule has 0 bridgehead atoms. The maximum Gasteiger partial charge on any atom is 0.337 e. The average molecular weight is 394 g/mol.